The third-order valence-corrected chi connectivity index (χ3v) is 7.10. The maximum absolute atomic E-state index is 13.4. The number of hydrogen-bond acceptors (Lipinski definition) is 8. The number of hydrogen-bond donors (Lipinski definition) is 2. The summed E-state index contributed by atoms with van der Waals surface area (Å²) in [6.07, 6.45) is 1.28. The Bertz CT molecular complexity index is 1550. The molecule has 1 fully saturated rings. The number of nitrogens with zero attached hydrogens (tertiary/aromatic N) is 4. The summed E-state index contributed by atoms with van der Waals surface area (Å²) >= 11 is 0. The molecule has 0 unspecified atom stereocenters. The number of aromatic nitrogens is 2. The molecule has 44 heavy (non-hydrogen) atoms. The SMILES string of the molecule is CC(C)(C)OC(=O)N(c1ccc(-c2ccnc(Nc3ccc(N4CCOCC4)cc3)n2)cc1)[C@H](Cc1ccccc1)C(N)=O. The van der Waals surface area contributed by atoms with Crippen LogP contribution in [0.4, 0.5) is 27.8 Å². The van der Waals surface area contributed by atoms with Crippen molar-refractivity contribution in [2.45, 2.75) is 38.8 Å². The van der Waals surface area contributed by atoms with Gasteiger partial charge in [0.25, 0.3) is 0 Å². The van der Waals surface area contributed by atoms with Crippen molar-refractivity contribution in [2.24, 2.45) is 5.73 Å². The molecule has 3 N–H and O–H groups in total. The molecule has 0 aliphatic carbocycles. The Balaban J connectivity index is 1.36. The minimum absolute atomic E-state index is 0.242. The van der Waals surface area contributed by atoms with Crippen LogP contribution >= 0.6 is 0 Å². The molecule has 4 aromatic rings. The molecular weight excluding hydrogens is 556 g/mol. The van der Waals surface area contributed by atoms with Crippen molar-refractivity contribution >= 4 is 35.0 Å². The van der Waals surface area contributed by atoms with Crippen LogP contribution in [-0.4, -0.2) is 59.9 Å². The molecule has 1 aliphatic rings. The summed E-state index contributed by atoms with van der Waals surface area (Å²) in [5.41, 5.74) is 9.97. The second kappa shape index (κ2) is 13.6. The zero-order valence-corrected chi connectivity index (χ0v) is 25.3. The van der Waals surface area contributed by atoms with Crippen LogP contribution in [0.15, 0.2) is 91.1 Å². The molecule has 1 saturated heterocycles. The van der Waals surface area contributed by atoms with Crippen LogP contribution < -0.4 is 20.9 Å². The van der Waals surface area contributed by atoms with E-state index < -0.39 is 23.6 Å². The highest BCUT2D eigenvalue weighted by Crippen LogP contribution is 2.27. The van der Waals surface area contributed by atoms with Crippen LogP contribution in [0, 0.1) is 0 Å². The monoisotopic (exact) mass is 594 g/mol. The molecule has 0 radical (unpaired) electrons. The Morgan fingerprint density at radius 3 is 2.30 bits per heavy atom. The van der Waals surface area contributed by atoms with Gasteiger partial charge in [0.15, 0.2) is 0 Å². The smallest absolute Gasteiger partial charge is 0.415 e. The lowest BCUT2D eigenvalue weighted by molar-refractivity contribution is -0.119. The molecule has 2 heterocycles. The number of ether oxygens (including phenoxy) is 2. The topological polar surface area (TPSA) is 123 Å². The lowest BCUT2D eigenvalue weighted by Gasteiger charge is -2.32. The summed E-state index contributed by atoms with van der Waals surface area (Å²) in [7, 11) is 0. The number of benzene rings is 3. The van der Waals surface area contributed by atoms with E-state index in [1.54, 1.807) is 39.1 Å². The molecule has 5 rings (SSSR count). The first-order valence-corrected chi connectivity index (χ1v) is 14.6. The normalized spacial score (nSPS) is 14.0. The van der Waals surface area contributed by atoms with E-state index in [1.807, 2.05) is 60.7 Å². The molecule has 0 saturated carbocycles. The molecule has 1 aliphatic heterocycles. The van der Waals surface area contributed by atoms with Crippen molar-refractivity contribution in [1.29, 1.82) is 0 Å². The lowest BCUT2D eigenvalue weighted by atomic mass is 10.0. The van der Waals surface area contributed by atoms with Crippen molar-refractivity contribution in [1.82, 2.24) is 9.97 Å². The van der Waals surface area contributed by atoms with Gasteiger partial charge in [-0.2, -0.15) is 0 Å². The van der Waals surface area contributed by atoms with Gasteiger partial charge in [-0.05, 0) is 68.8 Å². The third-order valence-electron chi connectivity index (χ3n) is 7.10. The fourth-order valence-corrected chi connectivity index (χ4v) is 4.96. The summed E-state index contributed by atoms with van der Waals surface area (Å²) in [5.74, 6) is -0.175. The van der Waals surface area contributed by atoms with Gasteiger partial charge in [-0.1, -0.05) is 42.5 Å². The van der Waals surface area contributed by atoms with E-state index in [2.05, 4.69) is 27.3 Å². The average molecular weight is 595 g/mol. The predicted molar refractivity (Wildman–Crippen MR) is 172 cm³/mol. The number of anilines is 4. The number of nitrogens with two attached hydrogens (primary N) is 1. The first-order chi connectivity index (χ1) is 21.2. The van der Waals surface area contributed by atoms with E-state index in [4.69, 9.17) is 20.2 Å². The molecule has 2 amide bonds. The number of rotatable bonds is 9. The van der Waals surface area contributed by atoms with Crippen LogP contribution in [0.1, 0.15) is 26.3 Å². The Morgan fingerprint density at radius 2 is 1.66 bits per heavy atom. The molecule has 0 bridgehead atoms. The number of primary amides is 1. The average Bonchev–Trinajstić information content (AvgIpc) is 3.02. The number of amides is 2. The van der Waals surface area contributed by atoms with Crippen molar-refractivity contribution in [3.05, 3.63) is 96.7 Å². The van der Waals surface area contributed by atoms with Crippen LogP contribution in [0.2, 0.25) is 0 Å². The van der Waals surface area contributed by atoms with E-state index in [9.17, 15) is 9.59 Å². The van der Waals surface area contributed by atoms with E-state index in [1.165, 1.54) is 4.90 Å². The van der Waals surface area contributed by atoms with Gasteiger partial charge >= 0.3 is 6.09 Å². The number of nitrogens with one attached hydrogen (secondary N) is 1. The molecule has 1 aromatic heterocycles. The minimum atomic E-state index is -0.956. The zero-order valence-electron chi connectivity index (χ0n) is 25.3. The highest BCUT2D eigenvalue weighted by Gasteiger charge is 2.33. The van der Waals surface area contributed by atoms with E-state index in [0.717, 1.165) is 48.8 Å². The predicted octanol–water partition coefficient (Wildman–Crippen LogP) is 5.56. The summed E-state index contributed by atoms with van der Waals surface area (Å²) in [5, 5.41) is 3.27. The van der Waals surface area contributed by atoms with E-state index in [0.29, 0.717) is 17.3 Å². The largest absolute Gasteiger partial charge is 0.443 e. The number of carbonyl (C=O) groups excluding carboxylic acids is 2. The van der Waals surface area contributed by atoms with Gasteiger partial charge in [-0.25, -0.2) is 14.8 Å². The van der Waals surface area contributed by atoms with E-state index >= 15 is 0 Å². The molecule has 0 spiro atoms. The zero-order chi connectivity index (χ0) is 31.1. The maximum Gasteiger partial charge on any atom is 0.415 e. The molecule has 3 aromatic carbocycles. The summed E-state index contributed by atoms with van der Waals surface area (Å²) in [6.45, 7) is 8.57. The first-order valence-electron chi connectivity index (χ1n) is 14.6. The standard InChI is InChI=1S/C34H38N6O4/c1-34(2,3)44-33(42)40(30(31(35)41)23-24-7-5-4-6-8-24)28-13-9-25(10-14-28)29-17-18-36-32(38-29)37-26-11-15-27(16-12-26)39-19-21-43-22-20-39/h4-18,30H,19-23H2,1-3H3,(H2,35,41)(H,36,37,38)/t30-/m1/s1. The summed E-state index contributed by atoms with van der Waals surface area (Å²) in [4.78, 5) is 38.9. The number of morpholine rings is 1. The van der Waals surface area contributed by atoms with Gasteiger partial charge in [0.05, 0.1) is 18.9 Å². The van der Waals surface area contributed by atoms with Crippen molar-refractivity contribution in [3.8, 4) is 11.3 Å². The van der Waals surface area contributed by atoms with Gasteiger partial charge in [0.2, 0.25) is 11.9 Å². The molecule has 10 heteroatoms. The highest BCUT2D eigenvalue weighted by molar-refractivity contribution is 5.97. The first kappa shape index (κ1) is 30.5. The third kappa shape index (κ3) is 7.90. The Labute approximate surface area is 257 Å². The minimum Gasteiger partial charge on any atom is -0.443 e. The van der Waals surface area contributed by atoms with Crippen molar-refractivity contribution < 1.29 is 19.1 Å². The summed E-state index contributed by atoms with van der Waals surface area (Å²) in [6, 6.07) is 25.7. The van der Waals surface area contributed by atoms with Crippen molar-refractivity contribution in [2.75, 3.05) is 41.4 Å². The van der Waals surface area contributed by atoms with Gasteiger partial charge < -0.3 is 25.4 Å². The van der Waals surface area contributed by atoms with Crippen LogP contribution in [0.25, 0.3) is 11.3 Å². The fourth-order valence-electron chi connectivity index (χ4n) is 4.96. The highest BCUT2D eigenvalue weighted by atomic mass is 16.6. The quantitative estimate of drug-likeness (QED) is 0.258. The van der Waals surface area contributed by atoms with Gasteiger partial charge in [-0.15, -0.1) is 0 Å². The van der Waals surface area contributed by atoms with Crippen LogP contribution in [-0.2, 0) is 20.7 Å². The summed E-state index contributed by atoms with van der Waals surface area (Å²) < 4.78 is 11.1. The number of carbonyl (C=O) groups is 2. The second-order valence-electron chi connectivity index (χ2n) is 11.5. The second-order valence-corrected chi connectivity index (χ2v) is 11.5. The van der Waals surface area contributed by atoms with Gasteiger partial charge in [0.1, 0.15) is 11.6 Å². The lowest BCUT2D eigenvalue weighted by Crippen LogP contribution is -2.51. The molecule has 10 nitrogen and oxygen atoms in total. The maximum atomic E-state index is 13.4. The van der Waals surface area contributed by atoms with Crippen LogP contribution in [0.3, 0.4) is 0 Å². The Kier molecular flexibility index (Phi) is 9.40. The molecule has 1 atom stereocenters. The molecular formula is C34H38N6O4. The van der Waals surface area contributed by atoms with Crippen LogP contribution in [0.5, 0.6) is 0 Å². The fraction of sp³-hybridized carbons (Fsp3) is 0.294. The van der Waals surface area contributed by atoms with Crippen molar-refractivity contribution in [3.63, 3.8) is 0 Å². The Morgan fingerprint density at radius 1 is 0.977 bits per heavy atom. The van der Waals surface area contributed by atoms with Gasteiger partial charge in [0, 0.05) is 48.3 Å². The Hall–Kier alpha value is -4.96. The molecule has 228 valence electrons. The van der Waals surface area contributed by atoms with Gasteiger partial charge in [-0.3, -0.25) is 9.69 Å². The van der Waals surface area contributed by atoms with E-state index in [-0.39, 0.29) is 6.42 Å².